The van der Waals surface area contributed by atoms with Crippen molar-refractivity contribution in [2.24, 2.45) is 21.7 Å². The van der Waals surface area contributed by atoms with Gasteiger partial charge in [0, 0.05) is 21.5 Å². The zero-order valence-corrected chi connectivity index (χ0v) is 21.1. The molecule has 0 unspecified atom stereocenters. The summed E-state index contributed by atoms with van der Waals surface area (Å²) in [6, 6.07) is 3.15. The van der Waals surface area contributed by atoms with Crippen LogP contribution in [0, 0.1) is 16.7 Å². The van der Waals surface area contributed by atoms with Gasteiger partial charge in [-0.1, -0.05) is 56.1 Å². The molecule has 0 spiro atoms. The number of fused-ring (bicyclic) bond motifs is 3. The quantitative estimate of drug-likeness (QED) is 0.419. The molecule has 2 fully saturated rings. The molecule has 2 aliphatic rings. The van der Waals surface area contributed by atoms with Crippen LogP contribution in [-0.2, 0) is 0 Å². The normalized spacial score (nSPS) is 27.7. The van der Waals surface area contributed by atoms with Crippen LogP contribution in [-0.4, -0.2) is 28.0 Å². The smallest absolute Gasteiger partial charge is 0.859 e. The first-order chi connectivity index (χ1) is 13.5. The molecule has 0 saturated heterocycles. The van der Waals surface area contributed by atoms with Crippen LogP contribution in [0.25, 0.3) is 17.0 Å². The van der Waals surface area contributed by atoms with Crippen LogP contribution in [0.3, 0.4) is 0 Å². The Morgan fingerprint density at radius 1 is 1.33 bits per heavy atom. The van der Waals surface area contributed by atoms with Crippen LogP contribution in [0.5, 0.6) is 0 Å². The van der Waals surface area contributed by atoms with E-state index in [1.54, 1.807) is 12.1 Å². The van der Waals surface area contributed by atoms with E-state index in [-0.39, 0.29) is 58.0 Å². The van der Waals surface area contributed by atoms with Crippen molar-refractivity contribution in [3.8, 4) is 0 Å². The molecular weight excluding hydrogens is 434 g/mol. The number of aromatic nitrogens is 1. The summed E-state index contributed by atoms with van der Waals surface area (Å²) in [5.74, 6) is -0.899. The number of carbonyl (C=O) groups is 1. The first-order valence-electron chi connectivity index (χ1n) is 9.71. The Morgan fingerprint density at radius 2 is 2.03 bits per heavy atom. The van der Waals surface area contributed by atoms with Crippen LogP contribution in [0.15, 0.2) is 23.2 Å². The van der Waals surface area contributed by atoms with E-state index < -0.39 is 5.97 Å². The number of hydrogen-bond donors (Lipinski definition) is 2. The van der Waals surface area contributed by atoms with Gasteiger partial charge >= 0.3 is 35.5 Å². The molecule has 3 atom stereocenters. The second-order valence-corrected chi connectivity index (χ2v) is 9.80. The topological polar surface area (TPSA) is 88.5 Å². The molecule has 0 amide bonds. The summed E-state index contributed by atoms with van der Waals surface area (Å²) in [5.41, 5.74) is 1.00. The fraction of sp³-hybridized carbons (Fsp3) is 0.455. The second-order valence-electron chi connectivity index (χ2n) is 8.96. The largest absolute Gasteiger partial charge is 1.00 e. The van der Waals surface area contributed by atoms with E-state index in [1.807, 2.05) is 0 Å². The number of halogens is 2. The van der Waals surface area contributed by atoms with Crippen LogP contribution in [0.4, 0.5) is 0 Å². The molecule has 30 heavy (non-hydrogen) atoms. The summed E-state index contributed by atoms with van der Waals surface area (Å²) in [7, 11) is 0. The molecule has 0 radical (unpaired) electrons. The van der Waals surface area contributed by atoms with Crippen LogP contribution in [0.2, 0.25) is 10.0 Å². The maximum atomic E-state index is 12.6. The Morgan fingerprint density at radius 3 is 2.60 bits per heavy atom. The van der Waals surface area contributed by atoms with Crippen molar-refractivity contribution >= 4 is 52.0 Å². The van der Waals surface area contributed by atoms with Gasteiger partial charge in [-0.25, -0.2) is 4.79 Å². The number of carboxylic acid groups (broad SMARTS) is 1. The van der Waals surface area contributed by atoms with Crippen LogP contribution < -0.4 is 34.7 Å². The third kappa shape index (κ3) is 3.63. The van der Waals surface area contributed by atoms with Gasteiger partial charge in [-0.2, -0.15) is 0 Å². The minimum atomic E-state index is -1.14. The predicted molar refractivity (Wildman–Crippen MR) is 115 cm³/mol. The second kappa shape index (κ2) is 8.18. The molecule has 4 rings (SSSR count). The van der Waals surface area contributed by atoms with Crippen molar-refractivity contribution in [1.82, 2.24) is 4.98 Å². The molecule has 1 aromatic heterocycles. The maximum Gasteiger partial charge on any atom is 1.00 e. The first kappa shape index (κ1) is 23.7. The molecule has 2 aliphatic carbocycles. The van der Waals surface area contributed by atoms with E-state index in [0.29, 0.717) is 32.4 Å². The van der Waals surface area contributed by atoms with Gasteiger partial charge in [-0.3, -0.25) is 4.99 Å². The molecule has 1 aromatic carbocycles. The van der Waals surface area contributed by atoms with Crippen molar-refractivity contribution in [1.29, 1.82) is 0 Å². The van der Waals surface area contributed by atoms with Gasteiger partial charge in [0.15, 0.2) is 0 Å². The van der Waals surface area contributed by atoms with Crippen molar-refractivity contribution in [3.05, 3.63) is 39.5 Å². The zero-order valence-electron chi connectivity index (χ0n) is 17.6. The van der Waals surface area contributed by atoms with Gasteiger partial charge in [0.2, 0.25) is 0 Å². The van der Waals surface area contributed by atoms with Crippen molar-refractivity contribution in [3.63, 3.8) is 0 Å². The molecule has 1 heterocycles. The fourth-order valence-electron chi connectivity index (χ4n) is 5.32. The minimum absolute atomic E-state index is 0. The number of nitrogens with zero attached hydrogens (tertiary/aromatic N) is 1. The van der Waals surface area contributed by atoms with Gasteiger partial charge in [0.1, 0.15) is 5.69 Å². The average molecular weight is 457 g/mol. The standard InChI is InChI=1S/C22H24Cl2N2O3.Na/c1-21(2)11-6-7-22(21,3)16(8-11)26-17(27)5-4-13-18-14(24)9-12(23)10-15(18)25-19(13)20(28)29;/h4-5,9-11,16,25H,6-8H2,1-3H3,(H,26,27)(H,28,29);/q;+1/p-1/b5-4+;/t11-,16+,22-;/m0./s1. The summed E-state index contributed by atoms with van der Waals surface area (Å²) >= 11 is 12.3. The molecule has 8 heteroatoms. The first-order valence-corrected chi connectivity index (χ1v) is 10.5. The number of aromatic amines is 1. The summed E-state index contributed by atoms with van der Waals surface area (Å²) in [6.07, 6.45) is 6.02. The molecule has 2 N–H and O–H groups in total. The predicted octanol–water partition coefficient (Wildman–Crippen LogP) is 2.16. The van der Waals surface area contributed by atoms with E-state index in [0.717, 1.165) is 12.8 Å². The van der Waals surface area contributed by atoms with Gasteiger partial charge in [-0.05, 0) is 54.0 Å². The Balaban J connectivity index is 0.00000256. The van der Waals surface area contributed by atoms with E-state index in [2.05, 4.69) is 30.7 Å². The summed E-state index contributed by atoms with van der Waals surface area (Å²) in [5, 5.41) is 23.4. The third-order valence-electron chi connectivity index (χ3n) is 7.49. The van der Waals surface area contributed by atoms with E-state index >= 15 is 0 Å². The van der Waals surface area contributed by atoms with E-state index in [4.69, 9.17) is 23.2 Å². The molecule has 2 saturated carbocycles. The van der Waals surface area contributed by atoms with Gasteiger partial charge < -0.3 is 15.2 Å². The molecule has 5 nitrogen and oxygen atoms in total. The summed E-state index contributed by atoms with van der Waals surface area (Å²) < 4.78 is 0. The minimum Gasteiger partial charge on any atom is -0.859 e. The third-order valence-corrected chi connectivity index (χ3v) is 8.01. The molecule has 2 aromatic rings. The van der Waals surface area contributed by atoms with Crippen LogP contribution in [0.1, 0.15) is 56.1 Å². The zero-order chi connectivity index (χ0) is 21.1. The van der Waals surface area contributed by atoms with Gasteiger partial charge in [0.25, 0.3) is 0 Å². The number of benzene rings is 1. The number of hydrogen-bond acceptors (Lipinski definition) is 3. The molecule has 154 valence electrons. The Labute approximate surface area is 207 Å². The number of aromatic carboxylic acids is 1. The number of carboxylic acids is 1. The Bertz CT molecular complexity index is 1080. The van der Waals surface area contributed by atoms with Crippen molar-refractivity contribution < 1.29 is 44.6 Å². The van der Waals surface area contributed by atoms with Crippen molar-refractivity contribution in [2.45, 2.75) is 46.1 Å². The monoisotopic (exact) mass is 456 g/mol. The van der Waals surface area contributed by atoms with E-state index in [9.17, 15) is 15.0 Å². The van der Waals surface area contributed by atoms with Gasteiger partial charge in [0.05, 0.1) is 11.1 Å². The van der Waals surface area contributed by atoms with E-state index in [1.165, 1.54) is 18.6 Å². The number of aliphatic imine (C=N–C) groups is 1. The fourth-order valence-corrected chi connectivity index (χ4v) is 5.91. The van der Waals surface area contributed by atoms with Crippen molar-refractivity contribution in [2.75, 3.05) is 0 Å². The average Bonchev–Trinajstić information content (AvgIpc) is 3.16. The summed E-state index contributed by atoms with van der Waals surface area (Å²) in [4.78, 5) is 19.0. The SMILES string of the molecule is CC1(C)[C@H]2CC[C@@]1(C)[C@H](N=C([O-])/C=C/c1c(C(=O)O)[nH]c3cc(Cl)cc(Cl)c13)C2.[Na+]. The van der Waals surface area contributed by atoms with Gasteiger partial charge in [-0.15, -0.1) is 0 Å². The van der Waals surface area contributed by atoms with Crippen LogP contribution >= 0.6 is 23.2 Å². The Hall–Kier alpha value is -0.980. The summed E-state index contributed by atoms with van der Waals surface area (Å²) in [6.45, 7) is 6.79. The molecule has 0 aliphatic heterocycles. The Kier molecular flexibility index (Phi) is 6.45. The molecule has 2 bridgehead atoms. The number of H-pyrrole nitrogens is 1. The molecular formula is C22H23Cl2N2NaO3. The number of rotatable bonds is 4. The maximum absolute atomic E-state index is 12.6. The number of nitrogens with one attached hydrogen (secondary N) is 1.